The number of fused-ring (bicyclic) bond motifs is 5. The molecular formula is C30H29NO3. The number of nitrogens with zero attached hydrogens (tertiary/aromatic N) is 1. The number of morpholine rings is 1. The molecule has 2 aliphatic heterocycles. The summed E-state index contributed by atoms with van der Waals surface area (Å²) in [5.74, 6) is 0.0681. The van der Waals surface area contributed by atoms with Crippen molar-refractivity contribution in [3.63, 3.8) is 0 Å². The topological polar surface area (TPSA) is 38.8 Å². The summed E-state index contributed by atoms with van der Waals surface area (Å²) in [6, 6.07) is 23.3. The molecule has 0 aromatic heterocycles. The number of ether oxygens (including phenoxy) is 2. The highest BCUT2D eigenvalue weighted by molar-refractivity contribution is 5.79. The Bertz CT molecular complexity index is 1250. The Hall–Kier alpha value is -3.37. The van der Waals surface area contributed by atoms with Crippen LogP contribution in [0.4, 0.5) is 4.79 Å². The van der Waals surface area contributed by atoms with E-state index in [1.807, 2.05) is 4.90 Å². The van der Waals surface area contributed by atoms with Gasteiger partial charge in [-0.1, -0.05) is 78.4 Å². The fourth-order valence-electron chi connectivity index (χ4n) is 5.92. The molecule has 1 fully saturated rings. The standard InChI is InChI=1S/C30H29NO3/c1-19-11-12-24(20(2)13-19)21-14-22-16-33-17-23(15-21)31(22)30(32)34-18-29-27-9-5-3-7-25(27)26-8-4-6-10-28(26)29/h3-14,22-23,29H,15-18H2,1-2H3. The second-order valence-corrected chi connectivity index (χ2v) is 9.68. The van der Waals surface area contributed by atoms with Gasteiger partial charge in [0.05, 0.1) is 25.3 Å². The summed E-state index contributed by atoms with van der Waals surface area (Å²) >= 11 is 0. The van der Waals surface area contributed by atoms with Crippen LogP contribution in [0.2, 0.25) is 0 Å². The van der Waals surface area contributed by atoms with E-state index in [4.69, 9.17) is 9.47 Å². The highest BCUT2D eigenvalue weighted by Crippen LogP contribution is 2.44. The summed E-state index contributed by atoms with van der Waals surface area (Å²) in [7, 11) is 0. The maximum atomic E-state index is 13.4. The minimum Gasteiger partial charge on any atom is -0.448 e. The van der Waals surface area contributed by atoms with E-state index < -0.39 is 0 Å². The van der Waals surface area contributed by atoms with E-state index in [2.05, 4.69) is 86.7 Å². The minimum absolute atomic E-state index is 0.00453. The Morgan fingerprint density at radius 2 is 1.65 bits per heavy atom. The smallest absolute Gasteiger partial charge is 0.410 e. The van der Waals surface area contributed by atoms with Crippen molar-refractivity contribution in [2.75, 3.05) is 19.8 Å². The molecule has 2 unspecified atom stereocenters. The van der Waals surface area contributed by atoms with Crippen molar-refractivity contribution in [2.45, 2.75) is 38.3 Å². The zero-order valence-electron chi connectivity index (χ0n) is 19.7. The van der Waals surface area contributed by atoms with Crippen LogP contribution >= 0.6 is 0 Å². The summed E-state index contributed by atoms with van der Waals surface area (Å²) in [5.41, 5.74) is 10.1. The number of carbonyl (C=O) groups is 1. The van der Waals surface area contributed by atoms with Gasteiger partial charge in [-0.25, -0.2) is 4.79 Å². The van der Waals surface area contributed by atoms with Crippen molar-refractivity contribution >= 4 is 11.7 Å². The van der Waals surface area contributed by atoms with Crippen molar-refractivity contribution in [3.8, 4) is 11.1 Å². The molecule has 4 nitrogen and oxygen atoms in total. The van der Waals surface area contributed by atoms with Crippen LogP contribution in [0.25, 0.3) is 16.7 Å². The Labute approximate surface area is 200 Å². The van der Waals surface area contributed by atoms with E-state index in [-0.39, 0.29) is 24.1 Å². The highest BCUT2D eigenvalue weighted by Gasteiger charge is 2.40. The third-order valence-corrected chi connectivity index (χ3v) is 7.47. The number of rotatable bonds is 3. The molecule has 3 aromatic carbocycles. The monoisotopic (exact) mass is 451 g/mol. The highest BCUT2D eigenvalue weighted by atomic mass is 16.6. The molecule has 0 radical (unpaired) electrons. The lowest BCUT2D eigenvalue weighted by Crippen LogP contribution is -2.56. The molecule has 0 spiro atoms. The molecule has 172 valence electrons. The molecule has 0 saturated carbocycles. The molecule has 3 aliphatic rings. The van der Waals surface area contributed by atoms with Gasteiger partial charge in [0.1, 0.15) is 6.61 Å². The molecular weight excluding hydrogens is 422 g/mol. The average molecular weight is 452 g/mol. The molecule has 1 saturated heterocycles. The molecule has 0 N–H and O–H groups in total. The molecule has 1 amide bonds. The SMILES string of the molecule is Cc1ccc(C2=CC3COCC(C2)N3C(=O)OCC2c3ccccc3-c3ccccc32)c(C)c1. The summed E-state index contributed by atoms with van der Waals surface area (Å²) in [5, 5.41) is 0. The number of carbonyl (C=O) groups excluding carboxylic acids is 1. The second kappa shape index (κ2) is 8.44. The third kappa shape index (κ3) is 3.54. The van der Waals surface area contributed by atoms with E-state index in [1.165, 1.54) is 44.5 Å². The molecule has 2 bridgehead atoms. The Balaban J connectivity index is 1.23. The van der Waals surface area contributed by atoms with Crippen LogP contribution in [0.1, 0.15) is 40.2 Å². The summed E-state index contributed by atoms with van der Waals surface area (Å²) in [6.07, 6.45) is 2.75. The second-order valence-electron chi connectivity index (χ2n) is 9.68. The molecule has 2 heterocycles. The van der Waals surface area contributed by atoms with Gasteiger partial charge in [-0.3, -0.25) is 4.90 Å². The van der Waals surface area contributed by atoms with Gasteiger partial charge in [0, 0.05) is 5.92 Å². The Morgan fingerprint density at radius 1 is 0.941 bits per heavy atom. The minimum atomic E-state index is -0.240. The quantitative estimate of drug-likeness (QED) is 0.482. The van der Waals surface area contributed by atoms with Crippen molar-refractivity contribution in [1.29, 1.82) is 0 Å². The first-order chi connectivity index (χ1) is 16.6. The van der Waals surface area contributed by atoms with E-state index in [9.17, 15) is 4.79 Å². The largest absolute Gasteiger partial charge is 0.448 e. The van der Waals surface area contributed by atoms with Gasteiger partial charge >= 0.3 is 6.09 Å². The fraction of sp³-hybridized carbons (Fsp3) is 0.300. The zero-order chi connectivity index (χ0) is 23.2. The van der Waals surface area contributed by atoms with Crippen molar-refractivity contribution in [3.05, 3.63) is 101 Å². The Kier molecular flexibility index (Phi) is 5.26. The van der Waals surface area contributed by atoms with Crippen LogP contribution in [0.5, 0.6) is 0 Å². The predicted octanol–water partition coefficient (Wildman–Crippen LogP) is 6.11. The van der Waals surface area contributed by atoms with Crippen molar-refractivity contribution in [2.24, 2.45) is 0 Å². The lowest BCUT2D eigenvalue weighted by molar-refractivity contribution is -0.0331. The normalized spacial score (nSPS) is 21.0. The van der Waals surface area contributed by atoms with Gasteiger partial charge in [-0.15, -0.1) is 0 Å². The lowest BCUT2D eigenvalue weighted by atomic mass is 9.88. The van der Waals surface area contributed by atoms with Crippen molar-refractivity contribution in [1.82, 2.24) is 4.90 Å². The molecule has 3 aromatic rings. The van der Waals surface area contributed by atoms with Crippen LogP contribution in [0.15, 0.2) is 72.8 Å². The number of aryl methyl sites for hydroxylation is 2. The van der Waals surface area contributed by atoms with Crippen LogP contribution in [0, 0.1) is 13.8 Å². The number of benzene rings is 3. The first-order valence-electron chi connectivity index (χ1n) is 12.1. The molecule has 1 aliphatic carbocycles. The van der Waals surface area contributed by atoms with Crippen LogP contribution < -0.4 is 0 Å². The molecule has 4 heteroatoms. The first kappa shape index (κ1) is 21.2. The first-order valence-corrected chi connectivity index (χ1v) is 12.1. The van der Waals surface area contributed by atoms with Crippen molar-refractivity contribution < 1.29 is 14.3 Å². The zero-order valence-corrected chi connectivity index (χ0v) is 19.7. The summed E-state index contributed by atoms with van der Waals surface area (Å²) < 4.78 is 11.8. The van der Waals surface area contributed by atoms with Gasteiger partial charge in [0.15, 0.2) is 0 Å². The molecule has 6 rings (SSSR count). The van der Waals surface area contributed by atoms with E-state index in [1.54, 1.807) is 0 Å². The third-order valence-electron chi connectivity index (χ3n) is 7.47. The van der Waals surface area contributed by atoms with Gasteiger partial charge in [-0.05, 0) is 59.2 Å². The predicted molar refractivity (Wildman–Crippen MR) is 134 cm³/mol. The van der Waals surface area contributed by atoms with Crippen LogP contribution in [0.3, 0.4) is 0 Å². The summed E-state index contributed by atoms with van der Waals surface area (Å²) in [6.45, 7) is 5.68. The molecule has 34 heavy (non-hydrogen) atoms. The van der Waals surface area contributed by atoms with Gasteiger partial charge < -0.3 is 9.47 Å². The van der Waals surface area contributed by atoms with E-state index in [0.717, 1.165) is 6.42 Å². The average Bonchev–Trinajstić information content (AvgIpc) is 3.15. The molecule has 2 atom stereocenters. The van der Waals surface area contributed by atoms with E-state index >= 15 is 0 Å². The maximum Gasteiger partial charge on any atom is 0.410 e. The van der Waals surface area contributed by atoms with Crippen LogP contribution in [-0.4, -0.2) is 42.9 Å². The number of hydrogen-bond donors (Lipinski definition) is 0. The fourth-order valence-corrected chi connectivity index (χ4v) is 5.92. The summed E-state index contributed by atoms with van der Waals surface area (Å²) in [4.78, 5) is 15.3. The van der Waals surface area contributed by atoms with Gasteiger partial charge in [0.25, 0.3) is 0 Å². The van der Waals surface area contributed by atoms with Crippen LogP contribution in [-0.2, 0) is 9.47 Å². The number of amides is 1. The van der Waals surface area contributed by atoms with Gasteiger partial charge in [0.2, 0.25) is 0 Å². The lowest BCUT2D eigenvalue weighted by Gasteiger charge is -2.44. The number of hydrogen-bond acceptors (Lipinski definition) is 3. The Morgan fingerprint density at radius 3 is 2.32 bits per heavy atom. The van der Waals surface area contributed by atoms with Gasteiger partial charge in [-0.2, -0.15) is 0 Å². The van der Waals surface area contributed by atoms with E-state index in [0.29, 0.717) is 19.8 Å². The maximum absolute atomic E-state index is 13.4.